The third-order valence-electron chi connectivity index (χ3n) is 5.96. The number of aromatic nitrogens is 6. The van der Waals surface area contributed by atoms with Crippen LogP contribution < -0.4 is 11.2 Å². The van der Waals surface area contributed by atoms with Crippen molar-refractivity contribution in [3.8, 4) is 0 Å². The standard InChI is InChI=1S/C24H24N6O3/c1-27-22-21(23(32)28(2)24(27)33)29(15-25-22)13-17(31)14-30-19-11-7-6-10-18(19)26-20(30)12-16-8-4-3-5-9-16/h3-11,15,17,31H,12-14H2,1-2H3. The van der Waals surface area contributed by atoms with Crippen molar-refractivity contribution in [3.05, 3.63) is 93.2 Å². The third kappa shape index (κ3) is 3.66. The van der Waals surface area contributed by atoms with Crippen LogP contribution in [-0.2, 0) is 33.6 Å². The molecule has 5 aromatic rings. The number of nitrogens with zero attached hydrogens (tertiary/aromatic N) is 6. The fourth-order valence-electron chi connectivity index (χ4n) is 4.27. The number of benzene rings is 2. The zero-order chi connectivity index (χ0) is 23.1. The first-order chi connectivity index (χ1) is 15.9. The lowest BCUT2D eigenvalue weighted by molar-refractivity contribution is 0.136. The number of hydrogen-bond donors (Lipinski definition) is 1. The van der Waals surface area contributed by atoms with Gasteiger partial charge in [-0.1, -0.05) is 42.5 Å². The van der Waals surface area contributed by atoms with E-state index in [4.69, 9.17) is 4.98 Å². The topological polar surface area (TPSA) is 99.9 Å². The molecule has 0 spiro atoms. The highest BCUT2D eigenvalue weighted by Crippen LogP contribution is 2.20. The molecule has 3 heterocycles. The Labute approximate surface area is 188 Å². The molecule has 168 valence electrons. The molecule has 0 radical (unpaired) electrons. The number of para-hydroxylation sites is 2. The van der Waals surface area contributed by atoms with Crippen molar-refractivity contribution >= 4 is 22.2 Å². The molecule has 33 heavy (non-hydrogen) atoms. The van der Waals surface area contributed by atoms with Gasteiger partial charge in [0.2, 0.25) is 0 Å². The first-order valence-corrected chi connectivity index (χ1v) is 10.7. The summed E-state index contributed by atoms with van der Waals surface area (Å²) in [4.78, 5) is 33.9. The number of aliphatic hydroxyl groups is 1. The summed E-state index contributed by atoms with van der Waals surface area (Å²) in [5.74, 6) is 0.857. The first-order valence-electron chi connectivity index (χ1n) is 10.7. The van der Waals surface area contributed by atoms with Gasteiger partial charge in [0.15, 0.2) is 11.2 Å². The summed E-state index contributed by atoms with van der Waals surface area (Å²) in [5.41, 5.74) is 2.66. The van der Waals surface area contributed by atoms with Crippen molar-refractivity contribution in [3.63, 3.8) is 0 Å². The van der Waals surface area contributed by atoms with E-state index < -0.39 is 17.4 Å². The molecule has 1 atom stereocenters. The number of aliphatic hydroxyl groups excluding tert-OH is 1. The molecule has 2 aromatic carbocycles. The highest BCUT2D eigenvalue weighted by Gasteiger charge is 2.19. The van der Waals surface area contributed by atoms with E-state index in [1.807, 2.05) is 47.0 Å². The first kappa shape index (κ1) is 20.9. The summed E-state index contributed by atoms with van der Waals surface area (Å²) in [6.07, 6.45) is 1.32. The van der Waals surface area contributed by atoms with Crippen LogP contribution in [0, 0.1) is 0 Å². The smallest absolute Gasteiger partial charge is 0.332 e. The van der Waals surface area contributed by atoms with E-state index in [1.54, 1.807) is 11.6 Å². The third-order valence-corrected chi connectivity index (χ3v) is 5.96. The second-order valence-corrected chi connectivity index (χ2v) is 8.22. The predicted molar refractivity (Wildman–Crippen MR) is 125 cm³/mol. The van der Waals surface area contributed by atoms with Gasteiger partial charge < -0.3 is 14.2 Å². The van der Waals surface area contributed by atoms with Gasteiger partial charge >= 0.3 is 5.69 Å². The van der Waals surface area contributed by atoms with Crippen LogP contribution in [0.1, 0.15) is 11.4 Å². The number of hydrogen-bond acceptors (Lipinski definition) is 5. The quantitative estimate of drug-likeness (QED) is 0.427. The van der Waals surface area contributed by atoms with Crippen LogP contribution >= 0.6 is 0 Å². The average molecular weight is 444 g/mol. The fraction of sp³-hybridized carbons (Fsp3) is 0.250. The maximum absolute atomic E-state index is 12.7. The van der Waals surface area contributed by atoms with Crippen molar-refractivity contribution in [1.29, 1.82) is 0 Å². The lowest BCUT2D eigenvalue weighted by Crippen LogP contribution is -2.38. The molecule has 9 nitrogen and oxygen atoms in total. The van der Waals surface area contributed by atoms with E-state index in [9.17, 15) is 14.7 Å². The number of rotatable bonds is 6. The zero-order valence-electron chi connectivity index (χ0n) is 18.4. The predicted octanol–water partition coefficient (Wildman–Crippen LogP) is 1.44. The van der Waals surface area contributed by atoms with Crippen molar-refractivity contribution in [2.75, 3.05) is 0 Å². The molecule has 0 aliphatic carbocycles. The molecule has 0 saturated heterocycles. The minimum absolute atomic E-state index is 0.154. The van der Waals surface area contributed by atoms with Crippen LogP contribution in [0.4, 0.5) is 0 Å². The van der Waals surface area contributed by atoms with Crippen molar-refractivity contribution in [2.45, 2.75) is 25.6 Å². The molecule has 3 aromatic heterocycles. The average Bonchev–Trinajstić information content (AvgIpc) is 3.38. The van der Waals surface area contributed by atoms with Crippen LogP contribution in [0.15, 0.2) is 70.5 Å². The van der Waals surface area contributed by atoms with Gasteiger partial charge in [0.1, 0.15) is 5.82 Å². The van der Waals surface area contributed by atoms with E-state index in [2.05, 4.69) is 17.1 Å². The molecule has 9 heteroatoms. The largest absolute Gasteiger partial charge is 0.389 e. The van der Waals surface area contributed by atoms with Crippen LogP contribution in [0.3, 0.4) is 0 Å². The molecule has 1 N–H and O–H groups in total. The highest BCUT2D eigenvalue weighted by molar-refractivity contribution is 5.76. The summed E-state index contributed by atoms with van der Waals surface area (Å²) in [7, 11) is 3.01. The Bertz CT molecular complexity index is 1580. The molecule has 0 saturated carbocycles. The molecule has 0 amide bonds. The lowest BCUT2D eigenvalue weighted by Gasteiger charge is -2.16. The van der Waals surface area contributed by atoms with Crippen LogP contribution in [0.5, 0.6) is 0 Å². The second kappa shape index (κ2) is 8.18. The van der Waals surface area contributed by atoms with Crippen LogP contribution in [-0.4, -0.2) is 39.4 Å². The Kier molecular flexibility index (Phi) is 5.18. The summed E-state index contributed by atoms with van der Waals surface area (Å²) in [6.45, 7) is 0.454. The van der Waals surface area contributed by atoms with Gasteiger partial charge in [0.05, 0.1) is 36.6 Å². The van der Waals surface area contributed by atoms with Gasteiger partial charge in [0, 0.05) is 20.5 Å². The Balaban J connectivity index is 1.49. The molecule has 0 bridgehead atoms. The Morgan fingerprint density at radius 3 is 2.45 bits per heavy atom. The minimum Gasteiger partial charge on any atom is -0.389 e. The second-order valence-electron chi connectivity index (χ2n) is 8.22. The molecule has 0 aliphatic rings. The van der Waals surface area contributed by atoms with Crippen molar-refractivity contribution < 1.29 is 5.11 Å². The maximum Gasteiger partial charge on any atom is 0.332 e. The number of aryl methyl sites for hydroxylation is 1. The van der Waals surface area contributed by atoms with Gasteiger partial charge in [-0.15, -0.1) is 0 Å². The SMILES string of the molecule is Cn1c(=O)c2c(ncn2CC(O)Cn2c(Cc3ccccc3)nc3ccccc32)n(C)c1=O. The van der Waals surface area contributed by atoms with E-state index >= 15 is 0 Å². The molecule has 0 fully saturated rings. The molecular formula is C24H24N6O3. The Hall–Kier alpha value is -3.98. The number of fused-ring (bicyclic) bond motifs is 2. The normalized spacial score (nSPS) is 12.6. The summed E-state index contributed by atoms with van der Waals surface area (Å²) in [5, 5.41) is 11.0. The summed E-state index contributed by atoms with van der Waals surface area (Å²) < 4.78 is 6.02. The van der Waals surface area contributed by atoms with Gasteiger partial charge in [-0.2, -0.15) is 0 Å². The maximum atomic E-state index is 12.7. The molecular weight excluding hydrogens is 420 g/mol. The summed E-state index contributed by atoms with van der Waals surface area (Å²) >= 11 is 0. The van der Waals surface area contributed by atoms with E-state index in [-0.39, 0.29) is 6.54 Å². The van der Waals surface area contributed by atoms with E-state index in [0.29, 0.717) is 24.1 Å². The minimum atomic E-state index is -0.809. The van der Waals surface area contributed by atoms with Crippen LogP contribution in [0.2, 0.25) is 0 Å². The number of imidazole rings is 2. The van der Waals surface area contributed by atoms with Gasteiger partial charge in [0.25, 0.3) is 5.56 Å². The monoisotopic (exact) mass is 444 g/mol. The summed E-state index contributed by atoms with van der Waals surface area (Å²) in [6, 6.07) is 17.9. The Morgan fingerprint density at radius 2 is 1.67 bits per heavy atom. The lowest BCUT2D eigenvalue weighted by atomic mass is 10.1. The van der Waals surface area contributed by atoms with Gasteiger partial charge in [-0.3, -0.25) is 13.9 Å². The van der Waals surface area contributed by atoms with E-state index in [0.717, 1.165) is 27.0 Å². The molecule has 5 rings (SSSR count). The van der Waals surface area contributed by atoms with E-state index in [1.165, 1.54) is 17.9 Å². The fourth-order valence-corrected chi connectivity index (χ4v) is 4.27. The van der Waals surface area contributed by atoms with Crippen molar-refractivity contribution in [2.24, 2.45) is 14.1 Å². The zero-order valence-corrected chi connectivity index (χ0v) is 18.4. The highest BCUT2D eigenvalue weighted by atomic mass is 16.3. The Morgan fingerprint density at radius 1 is 0.939 bits per heavy atom. The molecule has 1 unspecified atom stereocenters. The van der Waals surface area contributed by atoms with Gasteiger partial charge in [-0.05, 0) is 17.7 Å². The molecule has 0 aliphatic heterocycles. The van der Waals surface area contributed by atoms with Gasteiger partial charge in [-0.25, -0.2) is 14.8 Å². The van der Waals surface area contributed by atoms with Crippen LogP contribution in [0.25, 0.3) is 22.2 Å². The van der Waals surface area contributed by atoms with Crippen molar-refractivity contribution in [1.82, 2.24) is 28.2 Å².